The number of halogens is 6. The van der Waals surface area contributed by atoms with Gasteiger partial charge in [-0.1, -0.05) is 17.7 Å². The van der Waals surface area contributed by atoms with Crippen LogP contribution >= 0.6 is 11.6 Å². The molecule has 3 N–H and O–H groups in total. The second-order valence-corrected chi connectivity index (χ2v) is 10.7. The summed E-state index contributed by atoms with van der Waals surface area (Å²) in [6, 6.07) is 6.94. The predicted octanol–water partition coefficient (Wildman–Crippen LogP) is 3.25. The monoisotopic (exact) mass is 633 g/mol. The highest BCUT2D eigenvalue weighted by Gasteiger charge is 2.30. The van der Waals surface area contributed by atoms with E-state index in [1.165, 1.54) is 18.2 Å². The molecule has 0 aliphatic carbocycles. The molecule has 0 spiro atoms. The third-order valence-corrected chi connectivity index (χ3v) is 7.59. The minimum Gasteiger partial charge on any atom is -0.395 e. The molecule has 15 heteroatoms. The molecule has 0 aromatic heterocycles. The Balaban J connectivity index is 1.38. The number of alkyl halides is 3. The molecule has 2 saturated heterocycles. The fourth-order valence-electron chi connectivity index (χ4n) is 4.96. The maximum atomic E-state index is 15.0. The van der Waals surface area contributed by atoms with Gasteiger partial charge in [-0.05, 0) is 24.3 Å². The maximum Gasteiger partial charge on any atom is 0.390 e. The fraction of sp³-hybridized carbons (Fsp3) is 0.500. The molecule has 2 aromatic rings. The van der Waals surface area contributed by atoms with E-state index in [1.54, 1.807) is 11.0 Å². The lowest BCUT2D eigenvalue weighted by atomic mass is 10.1. The molecule has 0 bridgehead atoms. The number of hydrogen-bond donors (Lipinski definition) is 3. The summed E-state index contributed by atoms with van der Waals surface area (Å²) in [6.45, 7) is 2.45. The molecule has 2 aliphatic heterocycles. The number of piperazine rings is 1. The molecular weight excluding hydrogens is 601 g/mol. The third-order valence-electron chi connectivity index (χ3n) is 7.35. The van der Waals surface area contributed by atoms with Crippen molar-refractivity contribution in [2.24, 2.45) is 0 Å². The topological polar surface area (TPSA) is 97.4 Å². The number of β-amino-alcohol motifs (C(OH)–C–C–N with tert-alkyl or cyclic N) is 1. The summed E-state index contributed by atoms with van der Waals surface area (Å²) >= 11 is 6.17. The largest absolute Gasteiger partial charge is 0.395 e. The van der Waals surface area contributed by atoms with E-state index in [0.717, 1.165) is 6.07 Å². The van der Waals surface area contributed by atoms with Crippen LogP contribution < -0.4 is 15.5 Å². The van der Waals surface area contributed by atoms with Crippen LogP contribution in [0.1, 0.15) is 22.3 Å². The average molecular weight is 634 g/mol. The summed E-state index contributed by atoms with van der Waals surface area (Å²) in [5.41, 5.74) is 0.0535. The Morgan fingerprint density at radius 3 is 2.44 bits per heavy atom. The molecule has 2 amide bonds. The van der Waals surface area contributed by atoms with Crippen LogP contribution in [-0.2, 0) is 16.1 Å². The molecule has 2 aliphatic rings. The van der Waals surface area contributed by atoms with Crippen LogP contribution in [0.4, 0.5) is 33.3 Å². The van der Waals surface area contributed by atoms with E-state index in [9.17, 15) is 27.2 Å². The van der Waals surface area contributed by atoms with E-state index in [0.29, 0.717) is 56.6 Å². The number of anilines is 2. The van der Waals surface area contributed by atoms with Gasteiger partial charge in [0, 0.05) is 69.5 Å². The highest BCUT2D eigenvalue weighted by atomic mass is 35.5. The van der Waals surface area contributed by atoms with E-state index < -0.39 is 47.7 Å². The lowest BCUT2D eigenvalue weighted by molar-refractivity contribution is -0.139. The fourth-order valence-corrected chi connectivity index (χ4v) is 5.13. The number of nitrogens with one attached hydrogen (secondary N) is 2. The van der Waals surface area contributed by atoms with Crippen molar-refractivity contribution in [3.05, 3.63) is 58.1 Å². The van der Waals surface area contributed by atoms with E-state index in [-0.39, 0.29) is 37.5 Å². The number of hydrogen-bond acceptors (Lipinski definition) is 7. The quantitative estimate of drug-likeness (QED) is 0.346. The summed E-state index contributed by atoms with van der Waals surface area (Å²) in [5, 5.41) is 14.6. The predicted molar refractivity (Wildman–Crippen MR) is 150 cm³/mol. The lowest BCUT2D eigenvalue weighted by Gasteiger charge is -2.37. The van der Waals surface area contributed by atoms with Gasteiger partial charge < -0.3 is 25.4 Å². The van der Waals surface area contributed by atoms with Crippen LogP contribution in [-0.4, -0.2) is 105 Å². The van der Waals surface area contributed by atoms with E-state index in [1.807, 2.05) is 9.80 Å². The van der Waals surface area contributed by atoms with Gasteiger partial charge in [-0.2, -0.15) is 13.2 Å². The SMILES string of the molecule is O=C(Nc1ccc(Cl)cc1N1CCN(CCC(F)(F)F)CC1)c1ccc(CNC(=O)C2CN(CCO)CCO2)c(F)c1F. The van der Waals surface area contributed by atoms with Crippen molar-refractivity contribution in [3.63, 3.8) is 0 Å². The zero-order valence-corrected chi connectivity index (χ0v) is 24.0. The van der Waals surface area contributed by atoms with Gasteiger partial charge in [0.15, 0.2) is 11.6 Å². The summed E-state index contributed by atoms with van der Waals surface area (Å²) < 4.78 is 73.2. The van der Waals surface area contributed by atoms with Crippen molar-refractivity contribution >= 4 is 34.8 Å². The van der Waals surface area contributed by atoms with Crippen LogP contribution in [0.15, 0.2) is 30.3 Å². The van der Waals surface area contributed by atoms with Crippen molar-refractivity contribution in [2.75, 3.05) is 75.8 Å². The van der Waals surface area contributed by atoms with Crippen LogP contribution in [0.3, 0.4) is 0 Å². The minimum atomic E-state index is -4.24. The highest BCUT2D eigenvalue weighted by Crippen LogP contribution is 2.31. The first-order chi connectivity index (χ1) is 20.4. The summed E-state index contributed by atoms with van der Waals surface area (Å²) in [7, 11) is 0. The van der Waals surface area contributed by atoms with Crippen molar-refractivity contribution in [1.82, 2.24) is 15.1 Å². The molecule has 2 heterocycles. The Morgan fingerprint density at radius 1 is 1.00 bits per heavy atom. The van der Waals surface area contributed by atoms with Crippen molar-refractivity contribution in [3.8, 4) is 0 Å². The zero-order valence-electron chi connectivity index (χ0n) is 23.2. The first-order valence-corrected chi connectivity index (χ1v) is 14.2. The molecule has 2 aromatic carbocycles. The Bertz CT molecular complexity index is 1290. The highest BCUT2D eigenvalue weighted by molar-refractivity contribution is 6.31. The normalized spacial score (nSPS) is 18.5. The smallest absolute Gasteiger partial charge is 0.390 e. The average Bonchev–Trinajstić information content (AvgIpc) is 2.98. The van der Waals surface area contributed by atoms with Crippen LogP contribution in [0, 0.1) is 11.6 Å². The second kappa shape index (κ2) is 14.6. The van der Waals surface area contributed by atoms with Crippen LogP contribution in [0.5, 0.6) is 0 Å². The number of ether oxygens (including phenoxy) is 1. The lowest BCUT2D eigenvalue weighted by Crippen LogP contribution is -2.50. The second-order valence-electron chi connectivity index (χ2n) is 10.3. The molecule has 2 fully saturated rings. The molecule has 1 unspecified atom stereocenters. The van der Waals surface area contributed by atoms with Crippen LogP contribution in [0.2, 0.25) is 5.02 Å². The zero-order chi connectivity index (χ0) is 31.1. The molecular formula is C28H33ClF5N5O4. The molecule has 4 rings (SSSR count). The molecule has 0 radical (unpaired) electrons. The first kappa shape index (κ1) is 32.9. The number of carbonyl (C=O) groups excluding carboxylic acids is 2. The molecule has 236 valence electrons. The standard InChI is InChI=1S/C28H33ClF5N5O4/c29-19-2-4-21(22(15-19)39-9-7-37(8-10-39)6-5-28(32,33)34)36-26(41)20-3-1-18(24(30)25(20)31)16-35-27(42)23-17-38(11-13-40)12-14-43-23/h1-4,15,23,40H,5-14,16-17H2,(H,35,42)(H,36,41). The number of benzene rings is 2. The number of carbonyl (C=O) groups is 2. The number of rotatable bonds is 10. The minimum absolute atomic E-state index is 0.0660. The number of aliphatic hydroxyl groups is 1. The summed E-state index contributed by atoms with van der Waals surface area (Å²) in [4.78, 5) is 30.9. The first-order valence-electron chi connectivity index (χ1n) is 13.8. The number of aliphatic hydroxyl groups excluding tert-OH is 1. The maximum absolute atomic E-state index is 15.0. The van der Waals surface area contributed by atoms with Gasteiger partial charge in [0.25, 0.3) is 11.8 Å². The Kier molecular flexibility index (Phi) is 11.2. The summed E-state index contributed by atoms with van der Waals surface area (Å²) in [6.07, 6.45) is -5.97. The Hall–Kier alpha value is -3.04. The van der Waals surface area contributed by atoms with E-state index in [2.05, 4.69) is 10.6 Å². The molecule has 1 atom stereocenters. The van der Waals surface area contributed by atoms with Crippen molar-refractivity contribution < 1.29 is 41.4 Å². The van der Waals surface area contributed by atoms with Crippen molar-refractivity contribution in [1.29, 1.82) is 0 Å². The van der Waals surface area contributed by atoms with Gasteiger partial charge in [0.1, 0.15) is 6.10 Å². The molecule has 43 heavy (non-hydrogen) atoms. The molecule has 9 nitrogen and oxygen atoms in total. The summed E-state index contributed by atoms with van der Waals surface area (Å²) in [5.74, 6) is -4.11. The van der Waals surface area contributed by atoms with Crippen molar-refractivity contribution in [2.45, 2.75) is 25.2 Å². The Labute approximate surface area is 250 Å². The van der Waals surface area contributed by atoms with Gasteiger partial charge >= 0.3 is 6.18 Å². The number of amides is 2. The van der Waals surface area contributed by atoms with Crippen LogP contribution in [0.25, 0.3) is 0 Å². The van der Waals surface area contributed by atoms with Gasteiger partial charge in [0.2, 0.25) is 0 Å². The Morgan fingerprint density at radius 2 is 1.74 bits per heavy atom. The van der Waals surface area contributed by atoms with E-state index in [4.69, 9.17) is 21.4 Å². The molecule has 0 saturated carbocycles. The van der Waals surface area contributed by atoms with E-state index >= 15 is 4.39 Å². The van der Waals surface area contributed by atoms with Gasteiger partial charge in [-0.25, -0.2) is 8.78 Å². The third kappa shape index (κ3) is 8.99. The van der Waals surface area contributed by atoms with Gasteiger partial charge in [0.05, 0.1) is 36.6 Å². The van der Waals surface area contributed by atoms with Gasteiger partial charge in [-0.15, -0.1) is 0 Å². The number of morpholine rings is 1. The number of nitrogens with zero attached hydrogens (tertiary/aromatic N) is 3. The van der Waals surface area contributed by atoms with Gasteiger partial charge in [-0.3, -0.25) is 19.4 Å².